The third-order valence-corrected chi connectivity index (χ3v) is 4.49. The quantitative estimate of drug-likeness (QED) is 0.425. The number of carbonyl (C=O) groups excluding carboxylic acids is 1. The Kier molecular flexibility index (Phi) is 4.34. The molecule has 1 aromatic heterocycles. The van der Waals surface area contributed by atoms with Crippen LogP contribution in [-0.2, 0) is 6.54 Å². The van der Waals surface area contributed by atoms with Gasteiger partial charge in [0.05, 0.1) is 4.88 Å². The van der Waals surface area contributed by atoms with Gasteiger partial charge in [-0.15, -0.1) is 11.3 Å². The number of rotatable bonds is 3. The lowest BCUT2D eigenvalue weighted by Crippen LogP contribution is -2.39. The molecule has 0 aromatic carbocycles. The number of amides is 1. The van der Waals surface area contributed by atoms with Crippen molar-refractivity contribution < 1.29 is 4.79 Å². The lowest BCUT2D eigenvalue weighted by atomic mass is 10.1. The van der Waals surface area contributed by atoms with Gasteiger partial charge in [-0.1, -0.05) is 0 Å². The van der Waals surface area contributed by atoms with Crippen LogP contribution in [-0.4, -0.2) is 29.9 Å². The minimum absolute atomic E-state index is 0.213. The molecule has 1 fully saturated rings. The summed E-state index contributed by atoms with van der Waals surface area (Å²) < 4.78 is 0. The van der Waals surface area contributed by atoms with E-state index in [1.807, 2.05) is 13.0 Å². The van der Waals surface area contributed by atoms with Gasteiger partial charge >= 0.3 is 0 Å². The van der Waals surface area contributed by atoms with Crippen molar-refractivity contribution in [1.82, 2.24) is 10.3 Å². The van der Waals surface area contributed by atoms with E-state index in [2.05, 4.69) is 10.3 Å². The fourth-order valence-corrected chi connectivity index (χ4v) is 3.15. The Hall–Kier alpha value is -0.950. The van der Waals surface area contributed by atoms with E-state index < -0.39 is 0 Å². The predicted molar refractivity (Wildman–Crippen MR) is 73.2 cm³/mol. The molecule has 0 radical (unpaired) electrons. The molecule has 2 heterocycles. The highest BCUT2D eigenvalue weighted by molar-refractivity contribution is 7.14. The number of nitrogen functional groups attached to an aromatic ring is 1. The van der Waals surface area contributed by atoms with E-state index in [9.17, 15) is 4.79 Å². The minimum Gasteiger partial charge on any atom is -0.328 e. The highest BCUT2D eigenvalue weighted by Gasteiger charge is 2.18. The lowest BCUT2D eigenvalue weighted by Gasteiger charge is -2.29. The van der Waals surface area contributed by atoms with Crippen LogP contribution in [0.4, 0.5) is 0 Å². The van der Waals surface area contributed by atoms with Crippen LogP contribution >= 0.6 is 11.3 Å². The van der Waals surface area contributed by atoms with Gasteiger partial charge in [-0.2, -0.15) is 0 Å². The summed E-state index contributed by atoms with van der Waals surface area (Å²) >= 11 is 1.49. The third kappa shape index (κ3) is 3.08. The fourth-order valence-electron chi connectivity index (χ4n) is 2.21. The van der Waals surface area contributed by atoms with E-state index >= 15 is 0 Å². The number of likely N-dealkylation sites (tertiary alicyclic amines) is 1. The zero-order valence-corrected chi connectivity index (χ0v) is 11.4. The van der Waals surface area contributed by atoms with Crippen LogP contribution in [0.2, 0.25) is 0 Å². The molecule has 2 rings (SSSR count). The topological polar surface area (TPSA) is 84.4 Å². The minimum atomic E-state index is -0.213. The molecule has 18 heavy (non-hydrogen) atoms. The number of nitrogens with zero attached hydrogens (tertiary/aromatic N) is 1. The van der Waals surface area contributed by atoms with Gasteiger partial charge in [0.2, 0.25) is 0 Å². The van der Waals surface area contributed by atoms with Crippen LogP contribution in [0.25, 0.3) is 0 Å². The Morgan fingerprint density at radius 3 is 2.83 bits per heavy atom. The first kappa shape index (κ1) is 13.5. The number of nitrogens with one attached hydrogen (secondary N) is 1. The summed E-state index contributed by atoms with van der Waals surface area (Å²) in [7, 11) is 0. The van der Waals surface area contributed by atoms with Gasteiger partial charge in [0.1, 0.15) is 0 Å². The molecule has 0 saturated carbocycles. The monoisotopic (exact) mass is 268 g/mol. The molecule has 0 unspecified atom stereocenters. The van der Waals surface area contributed by atoms with Gasteiger partial charge in [0, 0.05) is 17.5 Å². The van der Waals surface area contributed by atoms with Crippen molar-refractivity contribution in [3.8, 4) is 0 Å². The number of hydrogen-bond acceptors (Lipinski definition) is 5. The molecule has 100 valence electrons. The van der Waals surface area contributed by atoms with E-state index in [1.165, 1.54) is 21.8 Å². The zero-order chi connectivity index (χ0) is 13.1. The summed E-state index contributed by atoms with van der Waals surface area (Å²) in [6, 6.07) is 2.29. The molecule has 0 atom stereocenters. The van der Waals surface area contributed by atoms with Crippen LogP contribution in [0, 0.1) is 6.92 Å². The summed E-state index contributed by atoms with van der Waals surface area (Å²) in [6.07, 6.45) is 2.11. The van der Waals surface area contributed by atoms with E-state index in [0.29, 0.717) is 10.9 Å². The molecule has 1 aliphatic heterocycles. The molecular weight excluding hydrogens is 248 g/mol. The van der Waals surface area contributed by atoms with Crippen LogP contribution in [0.1, 0.15) is 33.0 Å². The molecule has 0 spiro atoms. The molecule has 5 N–H and O–H groups in total. The number of hydrogen-bond donors (Lipinski definition) is 3. The summed E-state index contributed by atoms with van der Waals surface area (Å²) in [4.78, 5) is 15.7. The number of hydrazine groups is 1. The number of thiophene rings is 1. The van der Waals surface area contributed by atoms with Crippen LogP contribution in [0.15, 0.2) is 6.07 Å². The number of piperidine rings is 1. The van der Waals surface area contributed by atoms with Crippen molar-refractivity contribution in [1.29, 1.82) is 0 Å². The molecule has 1 aliphatic rings. The van der Waals surface area contributed by atoms with Crippen LogP contribution < -0.4 is 17.0 Å². The molecule has 5 nitrogen and oxygen atoms in total. The van der Waals surface area contributed by atoms with Crippen molar-refractivity contribution in [2.75, 3.05) is 13.1 Å². The highest BCUT2D eigenvalue weighted by atomic mass is 32.1. The molecule has 1 amide bonds. The maximum Gasteiger partial charge on any atom is 0.275 e. The summed E-state index contributed by atoms with van der Waals surface area (Å²) in [5.74, 6) is 4.93. The highest BCUT2D eigenvalue weighted by Crippen LogP contribution is 2.24. The Balaban J connectivity index is 2.01. The Morgan fingerprint density at radius 1 is 1.56 bits per heavy atom. The predicted octanol–water partition coefficient (Wildman–Crippen LogP) is 0.583. The maximum atomic E-state index is 11.5. The molecule has 0 bridgehead atoms. The first-order valence-corrected chi connectivity index (χ1v) is 7.00. The molecule has 6 heteroatoms. The SMILES string of the molecule is Cc1sc(C(=O)NN)cc1CN1CCC(N)CC1. The molecular formula is C12H20N4OS. The van der Waals surface area contributed by atoms with Crippen molar-refractivity contribution in [3.05, 3.63) is 21.4 Å². The van der Waals surface area contributed by atoms with Gasteiger partial charge in [0.25, 0.3) is 5.91 Å². The van der Waals surface area contributed by atoms with E-state index in [-0.39, 0.29) is 5.91 Å². The first-order chi connectivity index (χ1) is 8.60. The van der Waals surface area contributed by atoms with Crippen LogP contribution in [0.3, 0.4) is 0 Å². The summed E-state index contributed by atoms with van der Waals surface area (Å²) in [5.41, 5.74) is 9.28. The zero-order valence-electron chi connectivity index (χ0n) is 10.6. The second-order valence-corrected chi connectivity index (χ2v) is 6.04. The number of aryl methyl sites for hydroxylation is 1. The average molecular weight is 268 g/mol. The molecule has 0 aliphatic carbocycles. The Morgan fingerprint density at radius 2 is 2.22 bits per heavy atom. The van der Waals surface area contributed by atoms with Gasteiger partial charge in [-0.25, -0.2) is 5.84 Å². The second-order valence-electron chi connectivity index (χ2n) is 4.78. The largest absolute Gasteiger partial charge is 0.328 e. The van der Waals surface area contributed by atoms with Gasteiger partial charge in [0.15, 0.2) is 0 Å². The summed E-state index contributed by atoms with van der Waals surface area (Å²) in [6.45, 7) is 5.01. The summed E-state index contributed by atoms with van der Waals surface area (Å²) in [5, 5.41) is 0. The van der Waals surface area contributed by atoms with Gasteiger partial charge in [-0.05, 0) is 44.5 Å². The van der Waals surface area contributed by atoms with E-state index in [1.54, 1.807) is 0 Å². The molecule has 1 aromatic rings. The third-order valence-electron chi connectivity index (χ3n) is 3.40. The van der Waals surface area contributed by atoms with Crippen molar-refractivity contribution in [3.63, 3.8) is 0 Å². The molecule has 1 saturated heterocycles. The van der Waals surface area contributed by atoms with Crippen LogP contribution in [0.5, 0.6) is 0 Å². The number of carbonyl (C=O) groups is 1. The van der Waals surface area contributed by atoms with Gasteiger partial charge in [-0.3, -0.25) is 15.1 Å². The first-order valence-electron chi connectivity index (χ1n) is 6.18. The number of nitrogens with two attached hydrogens (primary N) is 2. The smallest absolute Gasteiger partial charge is 0.275 e. The average Bonchev–Trinajstić information content (AvgIpc) is 2.73. The van der Waals surface area contributed by atoms with Crippen molar-refractivity contribution >= 4 is 17.2 Å². The Labute approximate surface area is 111 Å². The normalized spacial score (nSPS) is 17.9. The fraction of sp³-hybridized carbons (Fsp3) is 0.583. The van der Waals surface area contributed by atoms with E-state index in [0.717, 1.165) is 32.5 Å². The lowest BCUT2D eigenvalue weighted by molar-refractivity contribution is 0.0957. The Bertz CT molecular complexity index is 424. The maximum absolute atomic E-state index is 11.5. The standard InChI is InChI=1S/C12H20N4OS/c1-8-9(6-11(18-8)12(17)15-14)7-16-4-2-10(13)3-5-16/h6,10H,2-5,7,13-14H2,1H3,(H,15,17). The van der Waals surface area contributed by atoms with Crippen molar-refractivity contribution in [2.24, 2.45) is 11.6 Å². The van der Waals surface area contributed by atoms with Crippen molar-refractivity contribution in [2.45, 2.75) is 32.4 Å². The van der Waals surface area contributed by atoms with E-state index in [4.69, 9.17) is 11.6 Å². The second kappa shape index (κ2) is 5.79. The van der Waals surface area contributed by atoms with Gasteiger partial charge < -0.3 is 5.73 Å².